The van der Waals surface area contributed by atoms with E-state index in [0.717, 1.165) is 28.1 Å². The van der Waals surface area contributed by atoms with Crippen LogP contribution in [0.15, 0.2) is 53.9 Å². The standard InChI is InChI=1S/C30H36F3N3O5S/c1-21-13-17-42-27(21)19-35(15-12-22-6-11-25(40-3)26(18-22)41-4)28(37)20-36(14-5-16-39-2)29(38)34-24-9-7-23(8-10-24)30(31,32)33/h6-11,13,17-18H,5,12,14-16,19-20H2,1-4H3,(H,34,38). The van der Waals surface area contributed by atoms with Gasteiger partial charge in [0.05, 0.1) is 26.3 Å². The van der Waals surface area contributed by atoms with Crippen LogP contribution < -0.4 is 14.8 Å². The molecule has 3 rings (SSSR count). The SMILES string of the molecule is COCCCN(CC(=O)N(CCc1ccc(OC)c(OC)c1)Cc1sccc1C)C(=O)Nc1ccc(C(F)(F)F)cc1. The number of carbonyl (C=O) groups excluding carboxylic acids is 2. The number of hydrogen-bond donors (Lipinski definition) is 1. The Morgan fingerprint density at radius 2 is 1.64 bits per heavy atom. The summed E-state index contributed by atoms with van der Waals surface area (Å²) < 4.78 is 54.7. The van der Waals surface area contributed by atoms with Crippen LogP contribution in [0.2, 0.25) is 0 Å². The fourth-order valence-corrected chi connectivity index (χ4v) is 5.11. The van der Waals surface area contributed by atoms with Crippen molar-refractivity contribution in [2.45, 2.75) is 32.5 Å². The molecule has 3 amide bonds. The second-order valence-corrected chi connectivity index (χ2v) is 10.6. The van der Waals surface area contributed by atoms with Gasteiger partial charge in [0, 0.05) is 37.4 Å². The van der Waals surface area contributed by atoms with E-state index >= 15 is 0 Å². The van der Waals surface area contributed by atoms with Gasteiger partial charge in [-0.2, -0.15) is 13.2 Å². The summed E-state index contributed by atoms with van der Waals surface area (Å²) in [4.78, 5) is 31.0. The van der Waals surface area contributed by atoms with E-state index in [0.29, 0.717) is 44.0 Å². The first-order chi connectivity index (χ1) is 20.0. The van der Waals surface area contributed by atoms with E-state index in [1.165, 1.54) is 24.1 Å². The van der Waals surface area contributed by atoms with E-state index in [4.69, 9.17) is 14.2 Å². The molecule has 0 saturated carbocycles. The lowest BCUT2D eigenvalue weighted by atomic mass is 10.1. The van der Waals surface area contributed by atoms with Gasteiger partial charge in [-0.05, 0) is 78.7 Å². The van der Waals surface area contributed by atoms with Gasteiger partial charge in [0.2, 0.25) is 5.91 Å². The van der Waals surface area contributed by atoms with Crippen LogP contribution in [-0.2, 0) is 28.7 Å². The average molecular weight is 608 g/mol. The number of aryl methyl sites for hydroxylation is 1. The number of amides is 3. The van der Waals surface area contributed by atoms with Crippen LogP contribution in [0.1, 0.15) is 28.0 Å². The lowest BCUT2D eigenvalue weighted by Crippen LogP contribution is -2.45. The van der Waals surface area contributed by atoms with Crippen molar-refractivity contribution in [3.63, 3.8) is 0 Å². The first-order valence-electron chi connectivity index (χ1n) is 13.3. The molecule has 0 atom stereocenters. The number of benzene rings is 2. The van der Waals surface area contributed by atoms with Crippen molar-refractivity contribution in [3.8, 4) is 11.5 Å². The lowest BCUT2D eigenvalue weighted by molar-refractivity contribution is -0.137. The zero-order valence-corrected chi connectivity index (χ0v) is 24.9. The summed E-state index contributed by atoms with van der Waals surface area (Å²) in [6.07, 6.45) is -3.47. The number of alkyl halides is 3. The van der Waals surface area contributed by atoms with Gasteiger partial charge < -0.3 is 29.3 Å². The Labute approximate surface area is 248 Å². The molecule has 1 heterocycles. The highest BCUT2D eigenvalue weighted by Gasteiger charge is 2.30. The van der Waals surface area contributed by atoms with Crippen LogP contribution in [0, 0.1) is 6.92 Å². The van der Waals surface area contributed by atoms with E-state index in [9.17, 15) is 22.8 Å². The molecule has 0 aliphatic heterocycles. The molecule has 0 radical (unpaired) electrons. The number of methoxy groups -OCH3 is 3. The van der Waals surface area contributed by atoms with Crippen molar-refractivity contribution in [3.05, 3.63) is 75.5 Å². The van der Waals surface area contributed by atoms with Crippen molar-refractivity contribution >= 4 is 29.0 Å². The van der Waals surface area contributed by atoms with Crippen molar-refractivity contribution in [1.82, 2.24) is 9.80 Å². The number of thiophene rings is 1. The maximum absolute atomic E-state index is 13.7. The molecular formula is C30H36F3N3O5S. The molecule has 228 valence electrons. The lowest BCUT2D eigenvalue weighted by Gasteiger charge is -2.28. The van der Waals surface area contributed by atoms with Crippen LogP contribution in [0.3, 0.4) is 0 Å². The van der Waals surface area contributed by atoms with Crippen LogP contribution in [0.5, 0.6) is 11.5 Å². The summed E-state index contributed by atoms with van der Waals surface area (Å²) in [5, 5.41) is 4.58. The minimum absolute atomic E-state index is 0.191. The normalized spacial score (nSPS) is 11.2. The second kappa shape index (κ2) is 15.5. The third kappa shape index (κ3) is 9.38. The predicted molar refractivity (Wildman–Crippen MR) is 156 cm³/mol. The Kier molecular flexibility index (Phi) is 12.0. The largest absolute Gasteiger partial charge is 0.493 e. The number of nitrogens with zero attached hydrogens (tertiary/aromatic N) is 2. The van der Waals surface area contributed by atoms with Crippen LogP contribution in [0.25, 0.3) is 0 Å². The van der Waals surface area contributed by atoms with Crippen LogP contribution >= 0.6 is 11.3 Å². The number of halogens is 3. The first kappa shape index (κ1) is 32.7. The summed E-state index contributed by atoms with van der Waals surface area (Å²) >= 11 is 1.55. The maximum Gasteiger partial charge on any atom is 0.416 e. The van der Waals surface area contributed by atoms with Crippen LogP contribution in [0.4, 0.5) is 23.7 Å². The Bertz CT molecular complexity index is 1310. The van der Waals surface area contributed by atoms with Crippen molar-refractivity contribution < 1.29 is 37.0 Å². The highest BCUT2D eigenvalue weighted by molar-refractivity contribution is 7.10. The third-order valence-electron chi connectivity index (χ3n) is 6.63. The maximum atomic E-state index is 13.7. The molecule has 8 nitrogen and oxygen atoms in total. The van der Waals surface area contributed by atoms with Gasteiger partial charge in [-0.15, -0.1) is 11.3 Å². The monoisotopic (exact) mass is 607 g/mol. The highest BCUT2D eigenvalue weighted by Crippen LogP contribution is 2.30. The predicted octanol–water partition coefficient (Wildman–Crippen LogP) is 6.23. The van der Waals surface area contributed by atoms with E-state index in [2.05, 4.69) is 5.32 Å². The zero-order valence-electron chi connectivity index (χ0n) is 24.1. The first-order valence-corrected chi connectivity index (χ1v) is 14.2. The van der Waals surface area contributed by atoms with Gasteiger partial charge in [-0.25, -0.2) is 4.79 Å². The van der Waals surface area contributed by atoms with Gasteiger partial charge in [0.15, 0.2) is 11.5 Å². The van der Waals surface area contributed by atoms with Gasteiger partial charge in [0.25, 0.3) is 0 Å². The number of anilines is 1. The molecule has 0 aliphatic carbocycles. The highest BCUT2D eigenvalue weighted by atomic mass is 32.1. The Hall–Kier alpha value is -3.77. The molecule has 0 bridgehead atoms. The molecule has 0 aliphatic rings. The minimum Gasteiger partial charge on any atom is -0.493 e. The van der Waals surface area contributed by atoms with Crippen molar-refractivity contribution in [2.24, 2.45) is 0 Å². The minimum atomic E-state index is -4.48. The van der Waals surface area contributed by atoms with Crippen molar-refractivity contribution in [2.75, 3.05) is 52.9 Å². The van der Waals surface area contributed by atoms with Gasteiger partial charge in [0.1, 0.15) is 6.54 Å². The molecule has 1 N–H and O–H groups in total. The number of rotatable bonds is 14. The molecule has 0 unspecified atom stereocenters. The van der Waals surface area contributed by atoms with Crippen LogP contribution in [-0.4, -0.2) is 69.3 Å². The molecule has 0 fully saturated rings. The summed E-state index contributed by atoms with van der Waals surface area (Å²) in [5.41, 5.74) is 1.39. The second-order valence-electron chi connectivity index (χ2n) is 9.55. The molecule has 2 aromatic carbocycles. The van der Waals surface area contributed by atoms with Gasteiger partial charge >= 0.3 is 12.2 Å². The van der Waals surface area contributed by atoms with E-state index < -0.39 is 17.8 Å². The van der Waals surface area contributed by atoms with E-state index in [-0.39, 0.29) is 24.7 Å². The number of hydrogen-bond acceptors (Lipinski definition) is 6. The zero-order chi connectivity index (χ0) is 30.7. The molecule has 12 heteroatoms. The molecular weight excluding hydrogens is 571 g/mol. The Morgan fingerprint density at radius 3 is 2.24 bits per heavy atom. The molecule has 3 aromatic rings. The Morgan fingerprint density at radius 1 is 0.929 bits per heavy atom. The quantitative estimate of drug-likeness (QED) is 0.220. The van der Waals surface area contributed by atoms with E-state index in [1.807, 2.05) is 36.6 Å². The fraction of sp³-hybridized carbons (Fsp3) is 0.400. The third-order valence-corrected chi connectivity index (χ3v) is 7.63. The number of nitrogens with one attached hydrogen (secondary N) is 1. The number of carbonyl (C=O) groups is 2. The Balaban J connectivity index is 1.77. The van der Waals surface area contributed by atoms with Crippen molar-refractivity contribution in [1.29, 1.82) is 0 Å². The molecule has 1 aromatic heterocycles. The summed E-state index contributed by atoms with van der Waals surface area (Å²) in [5.74, 6) is 0.934. The smallest absolute Gasteiger partial charge is 0.416 e. The summed E-state index contributed by atoms with van der Waals surface area (Å²) in [6, 6.07) is 11.2. The number of ether oxygens (including phenoxy) is 3. The molecule has 0 saturated heterocycles. The topological polar surface area (TPSA) is 80.3 Å². The van der Waals surface area contributed by atoms with Gasteiger partial charge in [-0.3, -0.25) is 4.79 Å². The fourth-order valence-electron chi connectivity index (χ4n) is 4.19. The molecule has 42 heavy (non-hydrogen) atoms. The summed E-state index contributed by atoms with van der Waals surface area (Å²) in [6.45, 7) is 3.12. The number of urea groups is 1. The summed E-state index contributed by atoms with van der Waals surface area (Å²) in [7, 11) is 4.66. The van der Waals surface area contributed by atoms with E-state index in [1.54, 1.807) is 30.5 Å². The van der Waals surface area contributed by atoms with Gasteiger partial charge in [-0.1, -0.05) is 6.07 Å². The molecule has 0 spiro atoms. The average Bonchev–Trinajstić information content (AvgIpc) is 3.38.